The summed E-state index contributed by atoms with van der Waals surface area (Å²) in [6, 6.07) is 0. The first-order valence-corrected chi connectivity index (χ1v) is 5.14. The maximum Gasteiger partial charge on any atom is 0.354 e. The summed E-state index contributed by atoms with van der Waals surface area (Å²) in [5.74, 6) is -0.603. The van der Waals surface area contributed by atoms with Crippen LogP contribution in [-0.2, 0) is 6.42 Å². The molecule has 5 heteroatoms. The number of carboxylic acids is 1. The van der Waals surface area contributed by atoms with Crippen molar-refractivity contribution in [3.8, 4) is 0 Å². The van der Waals surface area contributed by atoms with Crippen LogP contribution in [0.3, 0.4) is 0 Å². The van der Waals surface area contributed by atoms with Crippen LogP contribution in [0.5, 0.6) is 0 Å². The van der Waals surface area contributed by atoms with Crippen LogP contribution in [0.25, 0.3) is 0 Å². The van der Waals surface area contributed by atoms with E-state index in [1.165, 1.54) is 0 Å². The Morgan fingerprint density at radius 1 is 1.47 bits per heavy atom. The SMILES string of the molecule is CCc1nc(Cl)c(C(C)C)c(C(=O)O)n1. The first kappa shape index (κ1) is 11.9. The van der Waals surface area contributed by atoms with Crippen molar-refractivity contribution < 1.29 is 9.90 Å². The second-order valence-electron chi connectivity index (χ2n) is 3.51. The van der Waals surface area contributed by atoms with Gasteiger partial charge >= 0.3 is 5.97 Å². The van der Waals surface area contributed by atoms with Gasteiger partial charge in [0.25, 0.3) is 0 Å². The van der Waals surface area contributed by atoms with E-state index in [0.717, 1.165) is 0 Å². The second kappa shape index (κ2) is 4.57. The first-order chi connectivity index (χ1) is 6.97. The van der Waals surface area contributed by atoms with Crippen molar-refractivity contribution in [2.45, 2.75) is 33.1 Å². The van der Waals surface area contributed by atoms with E-state index in [1.807, 2.05) is 20.8 Å². The lowest BCUT2D eigenvalue weighted by atomic mass is 10.0. The lowest BCUT2D eigenvalue weighted by molar-refractivity contribution is 0.0688. The highest BCUT2D eigenvalue weighted by Gasteiger charge is 2.20. The number of halogens is 1. The van der Waals surface area contributed by atoms with Crippen molar-refractivity contribution >= 4 is 17.6 Å². The molecule has 0 atom stereocenters. The van der Waals surface area contributed by atoms with E-state index in [0.29, 0.717) is 17.8 Å². The Kier molecular flexibility index (Phi) is 3.63. The molecule has 0 bridgehead atoms. The molecule has 82 valence electrons. The Morgan fingerprint density at radius 3 is 2.47 bits per heavy atom. The van der Waals surface area contributed by atoms with E-state index in [2.05, 4.69) is 9.97 Å². The van der Waals surface area contributed by atoms with Gasteiger partial charge in [0, 0.05) is 12.0 Å². The van der Waals surface area contributed by atoms with Gasteiger partial charge in [0.2, 0.25) is 0 Å². The summed E-state index contributed by atoms with van der Waals surface area (Å²) in [5.41, 5.74) is 0.517. The van der Waals surface area contributed by atoms with Crippen LogP contribution in [0.4, 0.5) is 0 Å². The quantitative estimate of drug-likeness (QED) is 0.808. The molecule has 15 heavy (non-hydrogen) atoms. The highest BCUT2D eigenvalue weighted by atomic mass is 35.5. The molecule has 1 rings (SSSR count). The molecular formula is C10H13ClN2O2. The number of hydrogen-bond donors (Lipinski definition) is 1. The third kappa shape index (κ3) is 2.45. The lowest BCUT2D eigenvalue weighted by Crippen LogP contribution is -2.11. The molecule has 1 N–H and O–H groups in total. The van der Waals surface area contributed by atoms with E-state index in [-0.39, 0.29) is 16.8 Å². The van der Waals surface area contributed by atoms with Crippen molar-refractivity contribution in [2.75, 3.05) is 0 Å². The van der Waals surface area contributed by atoms with Crippen LogP contribution in [-0.4, -0.2) is 21.0 Å². The Bertz CT molecular complexity index is 391. The molecule has 0 saturated carbocycles. The molecule has 1 heterocycles. The largest absolute Gasteiger partial charge is 0.476 e. The normalized spacial score (nSPS) is 10.7. The van der Waals surface area contributed by atoms with Crippen molar-refractivity contribution in [1.29, 1.82) is 0 Å². The summed E-state index contributed by atoms with van der Waals surface area (Å²) in [4.78, 5) is 19.0. The number of aromatic carboxylic acids is 1. The summed E-state index contributed by atoms with van der Waals surface area (Å²) < 4.78 is 0. The maximum absolute atomic E-state index is 11.0. The van der Waals surface area contributed by atoms with Crippen LogP contribution < -0.4 is 0 Å². The fourth-order valence-corrected chi connectivity index (χ4v) is 1.72. The van der Waals surface area contributed by atoms with Crippen LogP contribution in [0, 0.1) is 0 Å². The summed E-state index contributed by atoms with van der Waals surface area (Å²) in [6.07, 6.45) is 0.568. The van der Waals surface area contributed by atoms with Crippen LogP contribution in [0.2, 0.25) is 5.15 Å². The Morgan fingerprint density at radius 2 is 2.07 bits per heavy atom. The molecule has 0 spiro atoms. The zero-order chi connectivity index (χ0) is 11.6. The van der Waals surface area contributed by atoms with E-state index in [4.69, 9.17) is 16.7 Å². The molecule has 0 unspecified atom stereocenters. The Balaban J connectivity index is 3.42. The number of carboxylic acid groups (broad SMARTS) is 1. The van der Waals surface area contributed by atoms with E-state index in [9.17, 15) is 4.79 Å². The van der Waals surface area contributed by atoms with Crippen LogP contribution >= 0.6 is 11.6 Å². The third-order valence-electron chi connectivity index (χ3n) is 2.04. The second-order valence-corrected chi connectivity index (χ2v) is 3.86. The number of hydrogen-bond acceptors (Lipinski definition) is 3. The minimum atomic E-state index is -1.06. The summed E-state index contributed by atoms with van der Waals surface area (Å²) in [7, 11) is 0. The highest BCUT2D eigenvalue weighted by Crippen LogP contribution is 2.25. The van der Waals surface area contributed by atoms with Crippen molar-refractivity contribution in [1.82, 2.24) is 9.97 Å². The van der Waals surface area contributed by atoms with Crippen LogP contribution in [0.15, 0.2) is 0 Å². The number of nitrogens with zero attached hydrogens (tertiary/aromatic N) is 2. The monoisotopic (exact) mass is 228 g/mol. The topological polar surface area (TPSA) is 63.1 Å². The van der Waals surface area contributed by atoms with Gasteiger partial charge in [0.1, 0.15) is 11.0 Å². The lowest BCUT2D eigenvalue weighted by Gasteiger charge is -2.11. The number of aryl methyl sites for hydroxylation is 1. The number of rotatable bonds is 3. The van der Waals surface area contributed by atoms with Gasteiger partial charge in [-0.25, -0.2) is 14.8 Å². The summed E-state index contributed by atoms with van der Waals surface area (Å²) in [6.45, 7) is 5.58. The van der Waals surface area contributed by atoms with E-state index in [1.54, 1.807) is 0 Å². The van der Waals surface area contributed by atoms with Crippen molar-refractivity contribution in [2.24, 2.45) is 0 Å². The predicted octanol–water partition coefficient (Wildman–Crippen LogP) is 2.51. The molecule has 0 aromatic carbocycles. The predicted molar refractivity (Wildman–Crippen MR) is 57.5 cm³/mol. The fourth-order valence-electron chi connectivity index (χ4n) is 1.32. The average molecular weight is 229 g/mol. The average Bonchev–Trinajstić information content (AvgIpc) is 2.15. The molecule has 0 aliphatic heterocycles. The molecule has 0 saturated heterocycles. The van der Waals surface area contributed by atoms with Crippen molar-refractivity contribution in [3.05, 3.63) is 22.2 Å². The third-order valence-corrected chi connectivity index (χ3v) is 2.33. The van der Waals surface area contributed by atoms with Gasteiger partial charge in [-0.05, 0) is 5.92 Å². The molecular weight excluding hydrogens is 216 g/mol. The molecule has 4 nitrogen and oxygen atoms in total. The van der Waals surface area contributed by atoms with Gasteiger partial charge in [-0.1, -0.05) is 32.4 Å². The molecule has 0 aliphatic rings. The highest BCUT2D eigenvalue weighted by molar-refractivity contribution is 6.30. The van der Waals surface area contributed by atoms with Crippen molar-refractivity contribution in [3.63, 3.8) is 0 Å². The maximum atomic E-state index is 11.0. The van der Waals surface area contributed by atoms with Gasteiger partial charge in [-0.3, -0.25) is 0 Å². The van der Waals surface area contributed by atoms with Gasteiger partial charge in [-0.2, -0.15) is 0 Å². The Labute approximate surface area is 93.3 Å². The zero-order valence-corrected chi connectivity index (χ0v) is 9.67. The molecule has 0 fully saturated rings. The molecule has 0 amide bonds. The molecule has 0 aliphatic carbocycles. The molecule has 1 aromatic heterocycles. The van der Waals surface area contributed by atoms with Crippen LogP contribution in [0.1, 0.15) is 48.6 Å². The van der Waals surface area contributed by atoms with E-state index >= 15 is 0 Å². The standard InChI is InChI=1S/C10H13ClN2O2/c1-4-6-12-8(10(14)15)7(5(2)3)9(11)13-6/h5H,4H2,1-3H3,(H,14,15). The summed E-state index contributed by atoms with van der Waals surface area (Å²) >= 11 is 5.94. The van der Waals surface area contributed by atoms with Gasteiger partial charge in [0.05, 0.1) is 0 Å². The zero-order valence-electron chi connectivity index (χ0n) is 8.91. The fraction of sp³-hybridized carbons (Fsp3) is 0.500. The molecule has 1 aromatic rings. The summed E-state index contributed by atoms with van der Waals surface area (Å²) in [5, 5.41) is 9.25. The number of aromatic nitrogens is 2. The first-order valence-electron chi connectivity index (χ1n) is 4.77. The number of carbonyl (C=O) groups is 1. The van der Waals surface area contributed by atoms with Gasteiger partial charge in [-0.15, -0.1) is 0 Å². The van der Waals surface area contributed by atoms with E-state index < -0.39 is 5.97 Å². The van der Waals surface area contributed by atoms with Gasteiger partial charge < -0.3 is 5.11 Å². The minimum absolute atomic E-state index is 0.00509. The van der Waals surface area contributed by atoms with Gasteiger partial charge in [0.15, 0.2) is 5.69 Å². The smallest absolute Gasteiger partial charge is 0.354 e. The minimum Gasteiger partial charge on any atom is -0.476 e. The molecule has 0 radical (unpaired) electrons. The Hall–Kier alpha value is -1.16.